The lowest BCUT2D eigenvalue weighted by atomic mass is 9.88. The van der Waals surface area contributed by atoms with Crippen molar-refractivity contribution in [3.63, 3.8) is 0 Å². The predicted molar refractivity (Wildman–Crippen MR) is 81.1 cm³/mol. The molecule has 1 unspecified atom stereocenters. The third kappa shape index (κ3) is 8.25. The minimum atomic E-state index is 0.102. The van der Waals surface area contributed by atoms with Crippen LogP contribution >= 0.6 is 0 Å². The Kier molecular flexibility index (Phi) is 8.89. The van der Waals surface area contributed by atoms with Gasteiger partial charge in [-0.05, 0) is 44.2 Å². The van der Waals surface area contributed by atoms with Crippen LogP contribution in [0.2, 0.25) is 0 Å². The SMILES string of the molecule is CCCC(CCCC1CCNCC1)CCNC(C)=O. The van der Waals surface area contributed by atoms with E-state index in [2.05, 4.69) is 17.6 Å². The molecule has 1 rings (SSSR count). The second-order valence-corrected chi connectivity index (χ2v) is 6.05. The van der Waals surface area contributed by atoms with Crippen LogP contribution in [0, 0.1) is 11.8 Å². The number of hydrogen-bond acceptors (Lipinski definition) is 2. The summed E-state index contributed by atoms with van der Waals surface area (Å²) in [6.45, 7) is 7.15. The van der Waals surface area contributed by atoms with Crippen LogP contribution in [0.4, 0.5) is 0 Å². The van der Waals surface area contributed by atoms with E-state index in [0.29, 0.717) is 0 Å². The lowest BCUT2D eigenvalue weighted by Gasteiger charge is -2.23. The van der Waals surface area contributed by atoms with Crippen LogP contribution in [0.3, 0.4) is 0 Å². The summed E-state index contributed by atoms with van der Waals surface area (Å²) in [4.78, 5) is 10.9. The lowest BCUT2D eigenvalue weighted by molar-refractivity contribution is -0.119. The van der Waals surface area contributed by atoms with Crippen molar-refractivity contribution in [1.29, 1.82) is 0 Å². The number of piperidine rings is 1. The molecule has 0 aromatic rings. The van der Waals surface area contributed by atoms with Gasteiger partial charge in [-0.25, -0.2) is 0 Å². The number of carbonyl (C=O) groups is 1. The summed E-state index contributed by atoms with van der Waals surface area (Å²) in [5, 5.41) is 6.36. The fourth-order valence-corrected chi connectivity index (χ4v) is 3.16. The fraction of sp³-hybridized carbons (Fsp3) is 0.938. The second kappa shape index (κ2) is 10.2. The zero-order valence-electron chi connectivity index (χ0n) is 12.8. The average molecular weight is 268 g/mol. The van der Waals surface area contributed by atoms with Gasteiger partial charge < -0.3 is 10.6 Å². The molecule has 0 aromatic carbocycles. The van der Waals surface area contributed by atoms with E-state index >= 15 is 0 Å². The van der Waals surface area contributed by atoms with Crippen molar-refractivity contribution in [2.45, 2.75) is 65.2 Å². The molecule has 1 saturated heterocycles. The monoisotopic (exact) mass is 268 g/mol. The first-order chi connectivity index (χ1) is 9.22. The van der Waals surface area contributed by atoms with Gasteiger partial charge in [-0.15, -0.1) is 0 Å². The van der Waals surface area contributed by atoms with Gasteiger partial charge in [0.05, 0.1) is 0 Å². The van der Waals surface area contributed by atoms with Gasteiger partial charge in [0.1, 0.15) is 0 Å². The van der Waals surface area contributed by atoms with Crippen molar-refractivity contribution < 1.29 is 4.79 Å². The summed E-state index contributed by atoms with van der Waals surface area (Å²) in [6.07, 6.45) is 10.6. The summed E-state index contributed by atoms with van der Waals surface area (Å²) in [7, 11) is 0. The Hall–Kier alpha value is -0.570. The van der Waals surface area contributed by atoms with E-state index in [9.17, 15) is 4.79 Å². The summed E-state index contributed by atoms with van der Waals surface area (Å²) in [5.41, 5.74) is 0. The van der Waals surface area contributed by atoms with E-state index in [4.69, 9.17) is 0 Å². The maximum Gasteiger partial charge on any atom is 0.216 e. The van der Waals surface area contributed by atoms with E-state index in [1.165, 1.54) is 58.0 Å². The highest BCUT2D eigenvalue weighted by molar-refractivity contribution is 5.72. The third-order valence-corrected chi connectivity index (χ3v) is 4.31. The average Bonchev–Trinajstić information content (AvgIpc) is 2.39. The standard InChI is InChI=1S/C16H32N2O/c1-3-5-15(10-13-18-14(2)19)6-4-7-16-8-11-17-12-9-16/h15-17H,3-13H2,1-2H3,(H,18,19). The molecule has 1 amide bonds. The van der Waals surface area contributed by atoms with E-state index < -0.39 is 0 Å². The van der Waals surface area contributed by atoms with Crippen molar-refractivity contribution in [2.24, 2.45) is 11.8 Å². The lowest BCUT2D eigenvalue weighted by Crippen LogP contribution is -2.27. The van der Waals surface area contributed by atoms with Gasteiger partial charge in [-0.2, -0.15) is 0 Å². The Bertz CT molecular complexity index is 237. The first kappa shape index (κ1) is 16.5. The summed E-state index contributed by atoms with van der Waals surface area (Å²) in [5.74, 6) is 1.86. The largest absolute Gasteiger partial charge is 0.356 e. The molecule has 1 aliphatic rings. The molecule has 0 spiro atoms. The molecular formula is C16H32N2O. The van der Waals surface area contributed by atoms with Crippen molar-refractivity contribution >= 4 is 5.91 Å². The number of hydrogen-bond donors (Lipinski definition) is 2. The molecule has 1 heterocycles. The molecule has 2 N–H and O–H groups in total. The Morgan fingerprint density at radius 2 is 2.00 bits per heavy atom. The topological polar surface area (TPSA) is 41.1 Å². The minimum Gasteiger partial charge on any atom is -0.356 e. The van der Waals surface area contributed by atoms with Gasteiger partial charge in [0.2, 0.25) is 5.91 Å². The molecule has 3 heteroatoms. The predicted octanol–water partition coefficient (Wildman–Crippen LogP) is 3.10. The van der Waals surface area contributed by atoms with E-state index in [0.717, 1.165) is 24.8 Å². The highest BCUT2D eigenvalue weighted by atomic mass is 16.1. The Morgan fingerprint density at radius 3 is 2.63 bits per heavy atom. The van der Waals surface area contributed by atoms with Crippen LogP contribution in [-0.2, 0) is 4.79 Å². The summed E-state index contributed by atoms with van der Waals surface area (Å²) in [6, 6.07) is 0. The molecule has 0 aliphatic carbocycles. The minimum absolute atomic E-state index is 0.102. The molecule has 1 aliphatic heterocycles. The maximum atomic E-state index is 10.9. The molecular weight excluding hydrogens is 236 g/mol. The highest BCUT2D eigenvalue weighted by Gasteiger charge is 2.14. The fourth-order valence-electron chi connectivity index (χ4n) is 3.16. The third-order valence-electron chi connectivity index (χ3n) is 4.31. The Morgan fingerprint density at radius 1 is 1.26 bits per heavy atom. The first-order valence-corrected chi connectivity index (χ1v) is 8.17. The quantitative estimate of drug-likeness (QED) is 0.674. The van der Waals surface area contributed by atoms with E-state index in [1.54, 1.807) is 6.92 Å². The maximum absolute atomic E-state index is 10.9. The van der Waals surface area contributed by atoms with E-state index in [1.807, 2.05) is 0 Å². The molecule has 3 nitrogen and oxygen atoms in total. The zero-order chi connectivity index (χ0) is 13.9. The van der Waals surface area contributed by atoms with Gasteiger partial charge in [0.25, 0.3) is 0 Å². The molecule has 1 atom stereocenters. The molecule has 0 saturated carbocycles. The molecule has 1 fully saturated rings. The molecule has 19 heavy (non-hydrogen) atoms. The highest BCUT2D eigenvalue weighted by Crippen LogP contribution is 2.23. The normalized spacial score (nSPS) is 18.2. The second-order valence-electron chi connectivity index (χ2n) is 6.05. The van der Waals surface area contributed by atoms with Crippen LogP contribution in [0.25, 0.3) is 0 Å². The van der Waals surface area contributed by atoms with Gasteiger partial charge in [-0.3, -0.25) is 4.79 Å². The molecule has 0 aromatic heterocycles. The van der Waals surface area contributed by atoms with Gasteiger partial charge in [-0.1, -0.05) is 39.0 Å². The smallest absolute Gasteiger partial charge is 0.216 e. The van der Waals surface area contributed by atoms with Crippen molar-refractivity contribution in [2.75, 3.05) is 19.6 Å². The Labute approximate surface area is 118 Å². The van der Waals surface area contributed by atoms with Crippen LogP contribution in [0.1, 0.15) is 65.2 Å². The van der Waals surface area contributed by atoms with Gasteiger partial charge >= 0.3 is 0 Å². The number of carbonyl (C=O) groups excluding carboxylic acids is 1. The number of rotatable bonds is 9. The summed E-state index contributed by atoms with van der Waals surface area (Å²) >= 11 is 0. The van der Waals surface area contributed by atoms with Crippen LogP contribution < -0.4 is 10.6 Å². The van der Waals surface area contributed by atoms with E-state index in [-0.39, 0.29) is 5.91 Å². The summed E-state index contributed by atoms with van der Waals surface area (Å²) < 4.78 is 0. The van der Waals surface area contributed by atoms with Crippen LogP contribution in [0.5, 0.6) is 0 Å². The van der Waals surface area contributed by atoms with Crippen LogP contribution in [-0.4, -0.2) is 25.5 Å². The molecule has 0 radical (unpaired) electrons. The van der Waals surface area contributed by atoms with Gasteiger partial charge in [0.15, 0.2) is 0 Å². The van der Waals surface area contributed by atoms with Crippen LogP contribution in [0.15, 0.2) is 0 Å². The van der Waals surface area contributed by atoms with Crippen molar-refractivity contribution in [3.05, 3.63) is 0 Å². The zero-order valence-corrected chi connectivity index (χ0v) is 12.8. The van der Waals surface area contributed by atoms with Crippen molar-refractivity contribution in [3.8, 4) is 0 Å². The molecule has 112 valence electrons. The first-order valence-electron chi connectivity index (χ1n) is 8.17. The number of amides is 1. The molecule has 0 bridgehead atoms. The van der Waals surface area contributed by atoms with Crippen molar-refractivity contribution in [1.82, 2.24) is 10.6 Å². The van der Waals surface area contributed by atoms with Gasteiger partial charge in [0, 0.05) is 13.5 Å². The number of nitrogens with one attached hydrogen (secondary N) is 2. The Balaban J connectivity index is 2.11.